The number of hydrogen-bond acceptors (Lipinski definition) is 2. The Morgan fingerprint density at radius 1 is 1.33 bits per heavy atom. The number of thioether (sulfide) groups is 1. The van der Waals surface area contributed by atoms with Crippen LogP contribution in [0.2, 0.25) is 10.0 Å². The molecule has 1 aliphatic rings. The molecule has 0 fully saturated rings. The normalized spacial score (nSPS) is 25.9. The molecule has 1 heterocycles. The molecule has 0 radical (unpaired) electrons. The van der Waals surface area contributed by atoms with Crippen LogP contribution >= 0.6 is 35.0 Å². The van der Waals surface area contributed by atoms with Crippen LogP contribution in [0.5, 0.6) is 0 Å². The highest BCUT2D eigenvalue weighted by Crippen LogP contribution is 2.40. The van der Waals surface area contributed by atoms with Gasteiger partial charge in [0.15, 0.2) is 0 Å². The lowest BCUT2D eigenvalue weighted by atomic mass is 9.95. The van der Waals surface area contributed by atoms with Crippen molar-refractivity contribution in [3.63, 3.8) is 0 Å². The van der Waals surface area contributed by atoms with E-state index in [1.807, 2.05) is 6.92 Å². The van der Waals surface area contributed by atoms with Crippen LogP contribution in [-0.4, -0.2) is 10.9 Å². The quantitative estimate of drug-likeness (QED) is 0.765. The molecule has 4 heteroatoms. The van der Waals surface area contributed by atoms with Crippen LogP contribution in [0.1, 0.15) is 24.2 Å². The van der Waals surface area contributed by atoms with E-state index in [0.29, 0.717) is 10.0 Å². The van der Waals surface area contributed by atoms with Gasteiger partial charge in [0.25, 0.3) is 0 Å². The van der Waals surface area contributed by atoms with Crippen molar-refractivity contribution in [2.24, 2.45) is 5.92 Å². The van der Waals surface area contributed by atoms with Crippen molar-refractivity contribution >= 4 is 35.0 Å². The monoisotopic (exact) mass is 262 g/mol. The zero-order valence-electron chi connectivity index (χ0n) is 8.34. The van der Waals surface area contributed by atoms with Crippen LogP contribution in [0.15, 0.2) is 12.1 Å². The summed E-state index contributed by atoms with van der Waals surface area (Å²) in [6.07, 6.45) is -0.499. The highest BCUT2D eigenvalue weighted by atomic mass is 35.5. The first kappa shape index (κ1) is 11.6. The Balaban J connectivity index is 2.57. The van der Waals surface area contributed by atoms with Gasteiger partial charge in [-0.05, 0) is 29.4 Å². The molecule has 0 amide bonds. The van der Waals surface area contributed by atoms with Gasteiger partial charge in [-0.25, -0.2) is 0 Å². The van der Waals surface area contributed by atoms with Gasteiger partial charge < -0.3 is 5.11 Å². The third-order valence-corrected chi connectivity index (χ3v) is 4.65. The largest absolute Gasteiger partial charge is 0.388 e. The van der Waals surface area contributed by atoms with Gasteiger partial charge in [0.1, 0.15) is 0 Å². The van der Waals surface area contributed by atoms with E-state index < -0.39 is 6.10 Å². The Labute approximate surface area is 104 Å². The molecular formula is C11H12Cl2OS. The molecule has 2 rings (SSSR count). The van der Waals surface area contributed by atoms with Crippen molar-refractivity contribution in [3.8, 4) is 0 Å². The fourth-order valence-corrected chi connectivity index (χ4v) is 3.59. The summed E-state index contributed by atoms with van der Waals surface area (Å²) >= 11 is 14.0. The smallest absolute Gasteiger partial charge is 0.0841 e. The van der Waals surface area contributed by atoms with E-state index in [1.165, 1.54) is 0 Å². The van der Waals surface area contributed by atoms with E-state index in [2.05, 4.69) is 0 Å². The van der Waals surface area contributed by atoms with E-state index in [4.69, 9.17) is 23.2 Å². The molecule has 0 spiro atoms. The fourth-order valence-electron chi connectivity index (χ4n) is 1.80. The molecule has 1 aliphatic heterocycles. The molecule has 0 saturated heterocycles. The SMILES string of the molecule is CC1CSCc2c(Cl)ccc(Cl)c2C1O. The summed E-state index contributed by atoms with van der Waals surface area (Å²) < 4.78 is 0. The van der Waals surface area contributed by atoms with E-state index in [-0.39, 0.29) is 5.92 Å². The average molecular weight is 263 g/mol. The van der Waals surface area contributed by atoms with Gasteiger partial charge in [-0.1, -0.05) is 30.1 Å². The highest BCUT2D eigenvalue weighted by molar-refractivity contribution is 7.98. The van der Waals surface area contributed by atoms with Crippen LogP contribution in [0.25, 0.3) is 0 Å². The first-order chi connectivity index (χ1) is 7.11. The van der Waals surface area contributed by atoms with E-state index in [0.717, 1.165) is 22.6 Å². The molecule has 1 nitrogen and oxygen atoms in total. The molecule has 82 valence electrons. The second-order valence-electron chi connectivity index (χ2n) is 3.86. The number of benzene rings is 1. The highest BCUT2D eigenvalue weighted by Gasteiger charge is 2.26. The van der Waals surface area contributed by atoms with Crippen LogP contribution in [0.4, 0.5) is 0 Å². The van der Waals surface area contributed by atoms with Crippen LogP contribution < -0.4 is 0 Å². The van der Waals surface area contributed by atoms with Gasteiger partial charge in [0.05, 0.1) is 6.10 Å². The lowest BCUT2D eigenvalue weighted by Crippen LogP contribution is -2.11. The summed E-state index contributed by atoms with van der Waals surface area (Å²) in [5.74, 6) is 1.98. The molecular weight excluding hydrogens is 251 g/mol. The van der Waals surface area contributed by atoms with E-state index in [9.17, 15) is 5.11 Å². The number of hydrogen-bond donors (Lipinski definition) is 1. The summed E-state index contributed by atoms with van der Waals surface area (Å²) in [5.41, 5.74) is 1.81. The minimum Gasteiger partial charge on any atom is -0.388 e. The molecule has 0 aromatic heterocycles. The Morgan fingerprint density at radius 2 is 2.00 bits per heavy atom. The van der Waals surface area contributed by atoms with Gasteiger partial charge in [0, 0.05) is 21.4 Å². The maximum atomic E-state index is 10.2. The lowest BCUT2D eigenvalue weighted by Gasteiger charge is -2.18. The van der Waals surface area contributed by atoms with Crippen molar-refractivity contribution in [2.75, 3.05) is 5.75 Å². The zero-order valence-corrected chi connectivity index (χ0v) is 10.7. The minimum absolute atomic E-state index is 0.215. The molecule has 1 aromatic rings. The second-order valence-corrected chi connectivity index (χ2v) is 5.70. The summed E-state index contributed by atoms with van der Waals surface area (Å²) in [5, 5.41) is 11.5. The van der Waals surface area contributed by atoms with E-state index >= 15 is 0 Å². The van der Waals surface area contributed by atoms with Crippen molar-refractivity contribution < 1.29 is 5.11 Å². The van der Waals surface area contributed by atoms with Crippen LogP contribution in [0.3, 0.4) is 0 Å². The number of aliphatic hydroxyl groups is 1. The minimum atomic E-state index is -0.499. The first-order valence-corrected chi connectivity index (χ1v) is 6.75. The molecule has 0 saturated carbocycles. The van der Waals surface area contributed by atoms with Crippen molar-refractivity contribution in [3.05, 3.63) is 33.3 Å². The van der Waals surface area contributed by atoms with Gasteiger partial charge in [-0.15, -0.1) is 0 Å². The van der Waals surface area contributed by atoms with Crippen molar-refractivity contribution in [1.29, 1.82) is 0 Å². The Morgan fingerprint density at radius 3 is 2.73 bits per heavy atom. The Hall–Kier alpha value is 0.110. The predicted octanol–water partition coefficient (Wildman–Crippen LogP) is 3.91. The number of halogens is 2. The zero-order chi connectivity index (χ0) is 11.0. The predicted molar refractivity (Wildman–Crippen MR) is 66.7 cm³/mol. The maximum absolute atomic E-state index is 10.2. The maximum Gasteiger partial charge on any atom is 0.0841 e. The summed E-state index contributed by atoms with van der Waals surface area (Å²) in [6.45, 7) is 2.03. The average Bonchev–Trinajstić information content (AvgIpc) is 2.35. The lowest BCUT2D eigenvalue weighted by molar-refractivity contribution is 0.129. The molecule has 1 aromatic carbocycles. The molecule has 0 bridgehead atoms. The van der Waals surface area contributed by atoms with Gasteiger partial charge >= 0.3 is 0 Å². The second kappa shape index (κ2) is 4.54. The van der Waals surface area contributed by atoms with E-state index in [1.54, 1.807) is 23.9 Å². The molecule has 0 aliphatic carbocycles. The van der Waals surface area contributed by atoms with Gasteiger partial charge in [-0.3, -0.25) is 0 Å². The summed E-state index contributed by atoms with van der Waals surface area (Å²) in [6, 6.07) is 3.56. The fraction of sp³-hybridized carbons (Fsp3) is 0.455. The van der Waals surface area contributed by atoms with Gasteiger partial charge in [0.2, 0.25) is 0 Å². The third-order valence-electron chi connectivity index (χ3n) is 2.71. The third kappa shape index (κ3) is 2.14. The standard InChI is InChI=1S/C11H12Cl2OS/c1-6-4-15-5-7-8(12)2-3-9(13)10(7)11(6)14/h2-3,6,11,14H,4-5H2,1H3. The summed E-state index contributed by atoms with van der Waals surface area (Å²) in [7, 11) is 0. The van der Waals surface area contributed by atoms with Crippen LogP contribution in [0, 0.1) is 5.92 Å². The summed E-state index contributed by atoms with van der Waals surface area (Å²) in [4.78, 5) is 0. The first-order valence-electron chi connectivity index (χ1n) is 4.84. The molecule has 2 atom stereocenters. The number of fused-ring (bicyclic) bond motifs is 1. The Bertz CT molecular complexity index is 381. The molecule has 1 N–H and O–H groups in total. The van der Waals surface area contributed by atoms with Crippen molar-refractivity contribution in [1.82, 2.24) is 0 Å². The number of aliphatic hydroxyl groups excluding tert-OH is 1. The molecule has 2 unspecified atom stereocenters. The van der Waals surface area contributed by atoms with Crippen LogP contribution in [-0.2, 0) is 5.75 Å². The topological polar surface area (TPSA) is 20.2 Å². The van der Waals surface area contributed by atoms with Crippen molar-refractivity contribution in [2.45, 2.75) is 18.8 Å². The molecule has 15 heavy (non-hydrogen) atoms. The van der Waals surface area contributed by atoms with Gasteiger partial charge in [-0.2, -0.15) is 11.8 Å². The number of rotatable bonds is 0. The Kier molecular flexibility index (Phi) is 3.51.